The molecule has 1 aliphatic heterocycles. The van der Waals surface area contributed by atoms with Crippen LogP contribution < -0.4 is 10.5 Å². The van der Waals surface area contributed by atoms with Crippen LogP contribution in [0.4, 0.5) is 0 Å². The van der Waals surface area contributed by atoms with Gasteiger partial charge in [-0.15, -0.1) is 0 Å². The van der Waals surface area contributed by atoms with Gasteiger partial charge in [-0.25, -0.2) is 4.98 Å². The predicted octanol–water partition coefficient (Wildman–Crippen LogP) is 5.58. The van der Waals surface area contributed by atoms with Gasteiger partial charge in [-0.3, -0.25) is 9.59 Å². The highest BCUT2D eigenvalue weighted by atomic mass is 16.5. The van der Waals surface area contributed by atoms with E-state index in [9.17, 15) is 14.7 Å². The van der Waals surface area contributed by atoms with Crippen LogP contribution in [-0.4, -0.2) is 45.6 Å². The number of nitrogens with zero attached hydrogens (tertiary/aromatic N) is 2. The van der Waals surface area contributed by atoms with Crippen LogP contribution in [-0.2, 0) is 22.4 Å². The molecule has 1 aromatic carbocycles. The van der Waals surface area contributed by atoms with Crippen molar-refractivity contribution in [3.8, 4) is 5.75 Å². The molecule has 0 saturated heterocycles. The number of carbonyl (C=O) groups excluding carboxylic acids is 1. The Kier molecular flexibility index (Phi) is 10.5. The van der Waals surface area contributed by atoms with E-state index in [0.29, 0.717) is 43.6 Å². The van der Waals surface area contributed by atoms with Gasteiger partial charge in [-0.05, 0) is 74.4 Å². The monoisotopic (exact) mass is 537 g/mol. The van der Waals surface area contributed by atoms with E-state index in [1.165, 1.54) is 0 Å². The minimum atomic E-state index is -1.07. The van der Waals surface area contributed by atoms with Crippen LogP contribution in [0.2, 0.25) is 0 Å². The number of rotatable bonds is 13. The minimum absolute atomic E-state index is 0.204. The van der Waals surface area contributed by atoms with Crippen molar-refractivity contribution in [2.24, 2.45) is 17.6 Å². The summed E-state index contributed by atoms with van der Waals surface area (Å²) in [7, 11) is 0. The van der Waals surface area contributed by atoms with Crippen molar-refractivity contribution in [2.75, 3.05) is 13.2 Å². The smallest absolute Gasteiger partial charge is 0.310 e. The molecule has 1 aromatic heterocycles. The Bertz CT molecular complexity index is 1180. The molecule has 0 saturated carbocycles. The van der Waals surface area contributed by atoms with Crippen molar-refractivity contribution >= 4 is 18.0 Å². The van der Waals surface area contributed by atoms with Gasteiger partial charge in [0, 0.05) is 18.5 Å². The molecule has 8 heteroatoms. The van der Waals surface area contributed by atoms with Crippen molar-refractivity contribution in [3.63, 3.8) is 0 Å². The molecule has 39 heavy (non-hydrogen) atoms. The molecule has 2 aromatic rings. The summed E-state index contributed by atoms with van der Waals surface area (Å²) in [6.45, 7) is 10.5. The average Bonchev–Trinajstić information content (AvgIpc) is 3.30. The fourth-order valence-electron chi connectivity index (χ4n) is 4.86. The zero-order valence-corrected chi connectivity index (χ0v) is 23.9. The van der Waals surface area contributed by atoms with E-state index in [0.717, 1.165) is 36.1 Å². The number of fused-ring (bicyclic) bond motifs is 1. The third kappa shape index (κ3) is 8.30. The van der Waals surface area contributed by atoms with E-state index in [-0.39, 0.29) is 5.91 Å². The Morgan fingerprint density at radius 1 is 1.31 bits per heavy atom. The van der Waals surface area contributed by atoms with Gasteiger partial charge in [0.25, 0.3) is 0 Å². The van der Waals surface area contributed by atoms with Gasteiger partial charge in [0.15, 0.2) is 0 Å². The molecule has 3 rings (SSSR count). The second-order valence-corrected chi connectivity index (χ2v) is 11.2. The van der Waals surface area contributed by atoms with Crippen molar-refractivity contribution in [3.05, 3.63) is 65.4 Å². The van der Waals surface area contributed by atoms with Crippen molar-refractivity contribution in [1.29, 1.82) is 0 Å². The van der Waals surface area contributed by atoms with E-state index < -0.39 is 23.5 Å². The molecule has 0 bridgehead atoms. The van der Waals surface area contributed by atoms with E-state index in [1.807, 2.05) is 37.3 Å². The molecule has 0 fully saturated rings. The lowest BCUT2D eigenvalue weighted by atomic mass is 9.75. The molecule has 2 atom stereocenters. The summed E-state index contributed by atoms with van der Waals surface area (Å²) in [5.74, 6) is -0.493. The van der Waals surface area contributed by atoms with E-state index in [4.69, 9.17) is 14.9 Å². The van der Waals surface area contributed by atoms with Crippen LogP contribution >= 0.6 is 0 Å². The fraction of sp³-hybridized carbons (Fsp3) is 0.516. The number of aromatic nitrogens is 1. The number of hydrogen-bond donors (Lipinski definition) is 2. The third-order valence-electron chi connectivity index (χ3n) is 6.84. The lowest BCUT2D eigenvalue weighted by molar-refractivity contribution is -0.149. The van der Waals surface area contributed by atoms with E-state index in [1.54, 1.807) is 31.1 Å². The lowest BCUT2D eigenvalue weighted by Gasteiger charge is -2.44. The number of benzene rings is 1. The maximum absolute atomic E-state index is 13.2. The van der Waals surface area contributed by atoms with Gasteiger partial charge in [-0.2, -0.15) is 0 Å². The van der Waals surface area contributed by atoms with Crippen LogP contribution in [0.5, 0.6) is 5.75 Å². The quantitative estimate of drug-likeness (QED) is 0.320. The van der Waals surface area contributed by atoms with E-state index >= 15 is 0 Å². The largest absolute Gasteiger partial charge is 0.493 e. The van der Waals surface area contributed by atoms with Crippen LogP contribution in [0.3, 0.4) is 0 Å². The summed E-state index contributed by atoms with van der Waals surface area (Å²) in [6.07, 6.45) is 12.8. The van der Waals surface area contributed by atoms with Gasteiger partial charge in [0.05, 0.1) is 24.3 Å². The first-order chi connectivity index (χ1) is 18.5. The van der Waals surface area contributed by atoms with Crippen LogP contribution in [0.25, 0.3) is 6.08 Å². The number of unbranched alkanes of at least 4 members (excludes halogenated alkanes) is 1. The number of hydrogen-bond acceptors (Lipinski definition) is 6. The fourth-order valence-corrected chi connectivity index (χ4v) is 4.86. The van der Waals surface area contributed by atoms with Crippen molar-refractivity contribution in [2.45, 2.75) is 78.3 Å². The summed E-state index contributed by atoms with van der Waals surface area (Å²) in [4.78, 5) is 31.9. The number of aliphatic carboxylic acids is 1. The molecule has 3 N–H and O–H groups in total. The first kappa shape index (κ1) is 30.2. The molecular formula is C31H43N3O5. The average molecular weight is 538 g/mol. The van der Waals surface area contributed by atoms with Crippen LogP contribution in [0.15, 0.2) is 47.1 Å². The van der Waals surface area contributed by atoms with Gasteiger partial charge >= 0.3 is 5.97 Å². The standard InChI is InChI=1S/C31H43N3O5/c1-6-7-8-12-27(35)34-17-15-22-13-14-24(19-25(22)29(34)28(30(36)37)31(4,5)32)38-18-16-23-20-39-26(33-23)11-9-10-21(2)3/h8-9,11-14,19-21,28-29H,6-7,10,15-18,32H2,1-5H3,(H,36,37). The summed E-state index contributed by atoms with van der Waals surface area (Å²) in [5.41, 5.74) is 7.88. The Balaban J connectivity index is 1.81. The molecule has 0 spiro atoms. The highest BCUT2D eigenvalue weighted by Gasteiger charge is 2.45. The van der Waals surface area contributed by atoms with E-state index in [2.05, 4.69) is 24.9 Å². The number of nitrogens with two attached hydrogens (primary N) is 1. The third-order valence-corrected chi connectivity index (χ3v) is 6.84. The molecule has 2 heterocycles. The number of carbonyl (C=O) groups is 2. The molecule has 8 nitrogen and oxygen atoms in total. The predicted molar refractivity (Wildman–Crippen MR) is 152 cm³/mol. The topological polar surface area (TPSA) is 119 Å². The Labute approximate surface area is 231 Å². The van der Waals surface area contributed by atoms with Crippen LogP contribution in [0, 0.1) is 11.8 Å². The van der Waals surface area contributed by atoms with Gasteiger partial charge < -0.3 is 24.9 Å². The summed E-state index contributed by atoms with van der Waals surface area (Å²) < 4.78 is 11.6. The first-order valence-electron chi connectivity index (χ1n) is 13.9. The zero-order chi connectivity index (χ0) is 28.6. The number of carboxylic acid groups (broad SMARTS) is 1. The molecule has 0 radical (unpaired) electrons. The van der Waals surface area contributed by atoms with Gasteiger partial charge in [-0.1, -0.05) is 45.4 Å². The number of amides is 1. The van der Waals surface area contributed by atoms with Crippen LogP contribution in [0.1, 0.15) is 82.6 Å². The molecular weight excluding hydrogens is 494 g/mol. The SMILES string of the molecule is CCCC=CC(=O)N1CCc2ccc(OCCc3coc(C=CCC(C)C)n3)cc2C1C(C(=O)O)C(C)(C)N. The second kappa shape index (κ2) is 13.6. The highest BCUT2D eigenvalue weighted by molar-refractivity contribution is 5.89. The molecule has 0 aliphatic carbocycles. The number of ether oxygens (including phenoxy) is 1. The zero-order valence-electron chi connectivity index (χ0n) is 23.9. The Morgan fingerprint density at radius 2 is 2.08 bits per heavy atom. The number of carboxylic acids is 1. The summed E-state index contributed by atoms with van der Waals surface area (Å²) >= 11 is 0. The van der Waals surface area contributed by atoms with Gasteiger partial charge in [0.2, 0.25) is 11.8 Å². The van der Waals surface area contributed by atoms with Crippen molar-refractivity contribution < 1.29 is 23.8 Å². The summed E-state index contributed by atoms with van der Waals surface area (Å²) in [5, 5.41) is 10.2. The molecule has 1 amide bonds. The summed E-state index contributed by atoms with van der Waals surface area (Å²) in [6, 6.07) is 4.99. The number of allylic oxidation sites excluding steroid dienone is 2. The maximum atomic E-state index is 13.2. The lowest BCUT2D eigenvalue weighted by Crippen LogP contribution is -2.54. The Morgan fingerprint density at radius 3 is 2.74 bits per heavy atom. The molecule has 1 aliphatic rings. The second-order valence-electron chi connectivity index (χ2n) is 11.2. The molecule has 212 valence electrons. The minimum Gasteiger partial charge on any atom is -0.493 e. The molecule has 2 unspecified atom stereocenters. The number of oxazole rings is 1. The Hall–Kier alpha value is -3.39. The van der Waals surface area contributed by atoms with Gasteiger partial charge in [0.1, 0.15) is 12.0 Å². The highest BCUT2D eigenvalue weighted by Crippen LogP contribution is 2.41. The maximum Gasteiger partial charge on any atom is 0.310 e. The normalized spacial score (nSPS) is 16.7. The van der Waals surface area contributed by atoms with Crippen molar-refractivity contribution in [1.82, 2.24) is 9.88 Å². The first-order valence-corrected chi connectivity index (χ1v) is 13.9.